The van der Waals surface area contributed by atoms with Gasteiger partial charge in [0.15, 0.2) is 0 Å². The van der Waals surface area contributed by atoms with Gasteiger partial charge in [-0.05, 0) is 0 Å². The quantitative estimate of drug-likeness (QED) is 0.492. The number of hydrogen-bond donors (Lipinski definition) is 1. The Morgan fingerprint density at radius 1 is 1.56 bits per heavy atom. The molecule has 1 aromatic rings. The van der Waals surface area contributed by atoms with E-state index in [1.165, 1.54) is 12.3 Å². The maximum Gasteiger partial charge on any atom is 0.348 e. The van der Waals surface area contributed by atoms with Gasteiger partial charge in [0, 0.05) is 12.3 Å². The smallest absolute Gasteiger partial charge is 0.348 e. The van der Waals surface area contributed by atoms with Gasteiger partial charge >= 0.3 is 11.0 Å². The summed E-state index contributed by atoms with van der Waals surface area (Å²) >= 11 is 0.755. The maximum atomic E-state index is 11.3. The number of nitrogens with zero attached hydrogens (tertiary/aromatic N) is 1. The molecule has 8 heteroatoms. The van der Waals surface area contributed by atoms with E-state index >= 15 is 0 Å². The Balaban J connectivity index is 3.24. The zero-order valence-corrected chi connectivity index (χ0v) is 9.29. The van der Waals surface area contributed by atoms with Gasteiger partial charge in [0.05, 0.1) is 12.0 Å². The minimum Gasteiger partial charge on any atom is -0.465 e. The first kappa shape index (κ1) is 12.1. The van der Waals surface area contributed by atoms with Crippen LogP contribution in [0.3, 0.4) is 0 Å². The van der Waals surface area contributed by atoms with Crippen molar-refractivity contribution < 1.29 is 19.2 Å². The topological polar surface area (TPSA) is 98.5 Å². The molecule has 0 atom stereocenters. The normalized spacial score (nSPS) is 9.62. The standard InChI is InChI=1S/C8H8N2O5S/c1-4(11)9-6-5(8(12)15-2)3-16-7(6)10(13)14/h3H,1-2H3,(H,9,11). The molecular formula is C8H8N2O5S. The molecule has 0 bridgehead atoms. The number of carbonyl (C=O) groups is 2. The number of hydrogen-bond acceptors (Lipinski definition) is 6. The van der Waals surface area contributed by atoms with E-state index in [9.17, 15) is 19.7 Å². The Labute approximate surface area is 94.2 Å². The van der Waals surface area contributed by atoms with Crippen LogP contribution in [0, 0.1) is 10.1 Å². The highest BCUT2D eigenvalue weighted by molar-refractivity contribution is 7.14. The monoisotopic (exact) mass is 244 g/mol. The first-order valence-corrected chi connectivity index (χ1v) is 4.97. The number of thiophene rings is 1. The van der Waals surface area contributed by atoms with Crippen LogP contribution in [0.25, 0.3) is 0 Å². The molecule has 1 heterocycles. The second-order valence-corrected chi connectivity index (χ2v) is 3.62. The fraction of sp³-hybridized carbons (Fsp3) is 0.250. The average molecular weight is 244 g/mol. The van der Waals surface area contributed by atoms with Crippen molar-refractivity contribution in [3.8, 4) is 0 Å². The van der Waals surface area contributed by atoms with Crippen molar-refractivity contribution in [1.29, 1.82) is 0 Å². The molecule has 0 aliphatic carbocycles. The summed E-state index contributed by atoms with van der Waals surface area (Å²) < 4.78 is 4.45. The number of rotatable bonds is 3. The van der Waals surface area contributed by atoms with E-state index in [0.717, 1.165) is 18.4 Å². The van der Waals surface area contributed by atoms with E-state index in [4.69, 9.17) is 0 Å². The average Bonchev–Trinajstić information content (AvgIpc) is 2.59. The largest absolute Gasteiger partial charge is 0.465 e. The summed E-state index contributed by atoms with van der Waals surface area (Å²) in [6, 6.07) is 0. The minimum absolute atomic E-state index is 0.0191. The Hall–Kier alpha value is -1.96. The molecule has 0 aliphatic rings. The molecule has 0 spiro atoms. The summed E-state index contributed by atoms with van der Waals surface area (Å²) in [5, 5.41) is 13.9. The van der Waals surface area contributed by atoms with E-state index in [2.05, 4.69) is 10.1 Å². The summed E-state index contributed by atoms with van der Waals surface area (Å²) in [6.45, 7) is 1.20. The van der Waals surface area contributed by atoms with Crippen molar-refractivity contribution in [2.24, 2.45) is 0 Å². The first-order valence-electron chi connectivity index (χ1n) is 4.09. The SMILES string of the molecule is COC(=O)c1csc([N+](=O)[O-])c1NC(C)=O. The van der Waals surface area contributed by atoms with Gasteiger partial charge in [-0.3, -0.25) is 14.9 Å². The molecule has 7 nitrogen and oxygen atoms in total. The minimum atomic E-state index is -0.729. The molecule has 0 saturated carbocycles. The predicted octanol–water partition coefficient (Wildman–Crippen LogP) is 1.40. The Kier molecular flexibility index (Phi) is 3.56. The van der Waals surface area contributed by atoms with Crippen LogP contribution < -0.4 is 5.32 Å². The molecule has 0 fully saturated rings. The molecule has 0 radical (unpaired) electrons. The molecule has 0 aliphatic heterocycles. The third-order valence-electron chi connectivity index (χ3n) is 1.64. The van der Waals surface area contributed by atoms with Crippen molar-refractivity contribution in [2.75, 3.05) is 12.4 Å². The second-order valence-electron chi connectivity index (χ2n) is 2.76. The summed E-state index contributed by atoms with van der Waals surface area (Å²) in [5.74, 6) is -1.22. The Morgan fingerprint density at radius 3 is 2.62 bits per heavy atom. The molecule has 0 unspecified atom stereocenters. The zero-order chi connectivity index (χ0) is 12.3. The summed E-state index contributed by atoms with van der Waals surface area (Å²) in [6.07, 6.45) is 0. The van der Waals surface area contributed by atoms with Crippen LogP contribution in [0.15, 0.2) is 5.38 Å². The number of anilines is 1. The molecule has 1 N–H and O–H groups in total. The molecule has 86 valence electrons. The first-order chi connectivity index (χ1) is 7.47. The van der Waals surface area contributed by atoms with Crippen LogP contribution in [0.5, 0.6) is 0 Å². The summed E-state index contributed by atoms with van der Waals surface area (Å²) in [7, 11) is 1.16. The lowest BCUT2D eigenvalue weighted by atomic mass is 10.3. The number of amides is 1. The molecule has 0 aromatic carbocycles. The van der Waals surface area contributed by atoms with Gasteiger partial charge in [0.2, 0.25) is 5.91 Å². The van der Waals surface area contributed by atoms with Crippen LogP contribution in [-0.4, -0.2) is 23.9 Å². The van der Waals surface area contributed by atoms with Crippen LogP contribution in [0.4, 0.5) is 10.7 Å². The van der Waals surface area contributed by atoms with E-state index < -0.39 is 16.8 Å². The van der Waals surface area contributed by atoms with Crippen molar-refractivity contribution in [2.45, 2.75) is 6.92 Å². The molecule has 1 amide bonds. The van der Waals surface area contributed by atoms with Gasteiger partial charge in [-0.15, -0.1) is 0 Å². The zero-order valence-electron chi connectivity index (χ0n) is 8.47. The lowest BCUT2D eigenvalue weighted by Gasteiger charge is -2.01. The summed E-state index contributed by atoms with van der Waals surface area (Å²) in [5.41, 5.74) is -0.135. The number of esters is 1. The molecule has 0 saturated heterocycles. The number of carbonyl (C=O) groups excluding carboxylic acids is 2. The third-order valence-corrected chi connectivity index (χ3v) is 2.57. The van der Waals surface area contributed by atoms with E-state index in [0.29, 0.717) is 0 Å². The highest BCUT2D eigenvalue weighted by atomic mass is 32.1. The van der Waals surface area contributed by atoms with E-state index in [-0.39, 0.29) is 16.3 Å². The van der Waals surface area contributed by atoms with Crippen LogP contribution in [0.2, 0.25) is 0 Å². The van der Waals surface area contributed by atoms with Gasteiger partial charge in [-0.25, -0.2) is 4.79 Å². The van der Waals surface area contributed by atoms with Gasteiger partial charge in [0.25, 0.3) is 0 Å². The van der Waals surface area contributed by atoms with Crippen molar-refractivity contribution in [3.05, 3.63) is 21.1 Å². The fourth-order valence-corrected chi connectivity index (χ4v) is 1.85. The molecule has 16 heavy (non-hydrogen) atoms. The van der Waals surface area contributed by atoms with Gasteiger partial charge in [0.1, 0.15) is 11.3 Å². The van der Waals surface area contributed by atoms with Crippen LogP contribution >= 0.6 is 11.3 Å². The van der Waals surface area contributed by atoms with E-state index in [1.807, 2.05) is 0 Å². The van der Waals surface area contributed by atoms with Crippen molar-refractivity contribution in [1.82, 2.24) is 0 Å². The van der Waals surface area contributed by atoms with Crippen LogP contribution in [-0.2, 0) is 9.53 Å². The Bertz CT molecular complexity index is 453. The lowest BCUT2D eigenvalue weighted by Crippen LogP contribution is -2.11. The number of methoxy groups -OCH3 is 1. The third kappa shape index (κ3) is 2.34. The van der Waals surface area contributed by atoms with Crippen LogP contribution in [0.1, 0.15) is 17.3 Å². The summed E-state index contributed by atoms with van der Waals surface area (Å²) in [4.78, 5) is 32.1. The number of nitrogens with one attached hydrogen (secondary N) is 1. The lowest BCUT2D eigenvalue weighted by molar-refractivity contribution is -0.379. The highest BCUT2D eigenvalue weighted by Gasteiger charge is 2.26. The van der Waals surface area contributed by atoms with Crippen molar-refractivity contribution >= 4 is 33.9 Å². The van der Waals surface area contributed by atoms with Gasteiger partial charge < -0.3 is 10.1 Å². The second kappa shape index (κ2) is 4.71. The Morgan fingerprint density at radius 2 is 2.19 bits per heavy atom. The fourth-order valence-electron chi connectivity index (χ4n) is 1.04. The molecular weight excluding hydrogens is 236 g/mol. The highest BCUT2D eigenvalue weighted by Crippen LogP contribution is 2.35. The van der Waals surface area contributed by atoms with E-state index in [1.54, 1.807) is 0 Å². The molecule has 1 aromatic heterocycles. The van der Waals surface area contributed by atoms with Gasteiger partial charge in [-0.1, -0.05) is 11.3 Å². The number of ether oxygens (including phenoxy) is 1. The predicted molar refractivity (Wildman–Crippen MR) is 56.6 cm³/mol. The number of nitro groups is 1. The molecule has 1 rings (SSSR count). The van der Waals surface area contributed by atoms with Crippen molar-refractivity contribution in [3.63, 3.8) is 0 Å². The maximum absolute atomic E-state index is 11.3. The van der Waals surface area contributed by atoms with Gasteiger partial charge in [-0.2, -0.15) is 0 Å².